The van der Waals surface area contributed by atoms with E-state index in [4.69, 9.17) is 0 Å². The molecule has 7 rings (SSSR count). The van der Waals surface area contributed by atoms with E-state index in [-0.39, 0.29) is 13.0 Å². The predicted molar refractivity (Wildman–Crippen MR) is 140 cm³/mol. The van der Waals surface area contributed by atoms with Crippen molar-refractivity contribution in [3.05, 3.63) is 71.4 Å². The minimum Gasteiger partial charge on any atom is -0.338 e. The second kappa shape index (κ2) is 8.53. The van der Waals surface area contributed by atoms with Crippen molar-refractivity contribution in [2.75, 3.05) is 13.1 Å². The van der Waals surface area contributed by atoms with Gasteiger partial charge >= 0.3 is 0 Å². The van der Waals surface area contributed by atoms with Gasteiger partial charge in [0.2, 0.25) is 0 Å². The zero-order chi connectivity index (χ0) is 25.0. The number of H-pyrrole nitrogens is 2. The number of hydrogen-bond acceptors (Lipinski definition) is 6. The van der Waals surface area contributed by atoms with Gasteiger partial charge in [0, 0.05) is 66.2 Å². The molecule has 37 heavy (non-hydrogen) atoms. The van der Waals surface area contributed by atoms with Gasteiger partial charge in [0.05, 0.1) is 12.2 Å². The van der Waals surface area contributed by atoms with E-state index < -0.39 is 5.92 Å². The summed E-state index contributed by atoms with van der Waals surface area (Å²) in [5, 5.41) is 13.7. The van der Waals surface area contributed by atoms with Crippen LogP contribution in [0.15, 0.2) is 65.9 Å². The van der Waals surface area contributed by atoms with Crippen LogP contribution < -0.4 is 0 Å². The Hall–Kier alpha value is -4.02. The molecule has 0 bridgehead atoms. The molecule has 7 heterocycles. The average Bonchev–Trinajstić information content (AvgIpc) is 3.69. The molecule has 0 radical (unpaired) electrons. The molecular formula is C27H21F2N7S. The van der Waals surface area contributed by atoms with Crippen molar-refractivity contribution in [3.8, 4) is 33.6 Å². The Morgan fingerprint density at radius 3 is 2.73 bits per heavy atom. The van der Waals surface area contributed by atoms with E-state index in [9.17, 15) is 8.78 Å². The topological polar surface area (TPSA) is 86.4 Å². The predicted octanol–water partition coefficient (Wildman–Crippen LogP) is 6.13. The summed E-state index contributed by atoms with van der Waals surface area (Å²) in [6.45, 7) is 0.616. The highest BCUT2D eigenvalue weighted by atomic mass is 32.1. The number of rotatable bonds is 5. The third kappa shape index (κ3) is 4.08. The zero-order valence-corrected chi connectivity index (χ0v) is 20.4. The molecule has 6 aromatic rings. The fourth-order valence-corrected chi connectivity index (χ4v) is 5.68. The average molecular weight is 514 g/mol. The van der Waals surface area contributed by atoms with E-state index in [0.29, 0.717) is 18.7 Å². The molecule has 0 spiro atoms. The number of nitrogens with one attached hydrogen (secondary N) is 2. The molecule has 0 saturated carbocycles. The summed E-state index contributed by atoms with van der Waals surface area (Å²) >= 11 is 1.66. The Morgan fingerprint density at radius 1 is 0.973 bits per heavy atom. The summed E-state index contributed by atoms with van der Waals surface area (Å²) in [5.74, 6) is -2.61. The lowest BCUT2D eigenvalue weighted by Crippen LogP contribution is -2.24. The number of aromatic nitrogens is 6. The van der Waals surface area contributed by atoms with Crippen LogP contribution in [-0.2, 0) is 6.54 Å². The molecule has 0 unspecified atom stereocenters. The molecule has 6 aromatic heterocycles. The highest BCUT2D eigenvalue weighted by molar-refractivity contribution is 7.08. The molecule has 7 nitrogen and oxygen atoms in total. The van der Waals surface area contributed by atoms with Gasteiger partial charge in [-0.15, -0.1) is 0 Å². The molecule has 0 aromatic carbocycles. The summed E-state index contributed by atoms with van der Waals surface area (Å²) < 4.78 is 27.2. The Morgan fingerprint density at radius 2 is 1.89 bits per heavy atom. The number of nitrogens with zero attached hydrogens (tertiary/aromatic N) is 5. The van der Waals surface area contributed by atoms with Crippen molar-refractivity contribution in [1.82, 2.24) is 35.0 Å². The lowest BCUT2D eigenvalue weighted by molar-refractivity contribution is 0.0115. The molecular weight excluding hydrogens is 492 g/mol. The third-order valence-electron chi connectivity index (χ3n) is 6.82. The Kier molecular flexibility index (Phi) is 5.12. The minimum absolute atomic E-state index is 0.0952. The van der Waals surface area contributed by atoms with Crippen molar-refractivity contribution in [2.45, 2.75) is 18.9 Å². The van der Waals surface area contributed by atoms with Gasteiger partial charge in [0.1, 0.15) is 11.3 Å². The quantitative estimate of drug-likeness (QED) is 0.290. The van der Waals surface area contributed by atoms with Crippen molar-refractivity contribution >= 4 is 33.4 Å². The maximum absolute atomic E-state index is 13.6. The summed E-state index contributed by atoms with van der Waals surface area (Å²) in [5.41, 5.74) is 7.99. The molecule has 1 aliphatic rings. The van der Waals surface area contributed by atoms with Gasteiger partial charge in [-0.25, -0.2) is 18.7 Å². The number of likely N-dealkylation sites (tertiary alicyclic amines) is 1. The summed E-state index contributed by atoms with van der Waals surface area (Å²) in [6, 6.07) is 10.2. The van der Waals surface area contributed by atoms with Crippen LogP contribution in [0.1, 0.15) is 12.0 Å². The van der Waals surface area contributed by atoms with Crippen molar-refractivity contribution in [2.24, 2.45) is 0 Å². The summed E-state index contributed by atoms with van der Waals surface area (Å²) in [6.07, 6.45) is 6.99. The Bertz CT molecular complexity index is 1740. The molecule has 10 heteroatoms. The first-order valence-corrected chi connectivity index (χ1v) is 12.9. The van der Waals surface area contributed by atoms with Crippen LogP contribution in [0.4, 0.5) is 8.78 Å². The van der Waals surface area contributed by atoms with Crippen LogP contribution in [0.25, 0.3) is 55.7 Å². The molecule has 0 atom stereocenters. The fourth-order valence-electron chi connectivity index (χ4n) is 5.02. The lowest BCUT2D eigenvalue weighted by atomic mass is 10.0. The maximum atomic E-state index is 13.6. The molecule has 1 saturated heterocycles. The second-order valence-electron chi connectivity index (χ2n) is 9.41. The highest BCUT2D eigenvalue weighted by Crippen LogP contribution is 2.35. The minimum atomic E-state index is -2.61. The van der Waals surface area contributed by atoms with Crippen LogP contribution in [0, 0.1) is 0 Å². The van der Waals surface area contributed by atoms with Crippen LogP contribution in [0.5, 0.6) is 0 Å². The van der Waals surface area contributed by atoms with Gasteiger partial charge in [-0.3, -0.25) is 15.0 Å². The molecule has 1 aliphatic heterocycles. The van der Waals surface area contributed by atoms with Crippen LogP contribution in [0.3, 0.4) is 0 Å². The van der Waals surface area contributed by atoms with Crippen LogP contribution in [0.2, 0.25) is 0 Å². The standard InChI is InChI=1S/C27H21F2N7S/c28-27(29)3-5-36(15-27)13-16-7-18(11-30-10-16)19-8-22-24(34-35-26(22)32-12-19)23-9-21-20(17-2-6-37-14-17)1-4-31-25(21)33-23/h1-2,4,6-12,14H,3,5,13,15H2,(H,31,33)(H,32,34,35). The molecule has 1 fully saturated rings. The smallest absolute Gasteiger partial charge is 0.261 e. The van der Waals surface area contributed by atoms with Crippen LogP contribution in [-0.4, -0.2) is 54.0 Å². The zero-order valence-electron chi connectivity index (χ0n) is 19.6. The molecule has 0 amide bonds. The number of pyridine rings is 3. The Balaban J connectivity index is 1.24. The molecule has 0 aliphatic carbocycles. The number of halogens is 2. The number of fused-ring (bicyclic) bond motifs is 2. The Labute approximate surface area is 214 Å². The van der Waals surface area contributed by atoms with E-state index >= 15 is 0 Å². The van der Waals surface area contributed by atoms with E-state index in [0.717, 1.165) is 55.6 Å². The van der Waals surface area contributed by atoms with E-state index in [1.54, 1.807) is 41.0 Å². The second-order valence-corrected chi connectivity index (χ2v) is 10.2. The van der Waals surface area contributed by atoms with E-state index in [1.807, 2.05) is 18.2 Å². The maximum Gasteiger partial charge on any atom is 0.261 e. The van der Waals surface area contributed by atoms with Crippen molar-refractivity contribution in [3.63, 3.8) is 0 Å². The van der Waals surface area contributed by atoms with Gasteiger partial charge < -0.3 is 4.98 Å². The summed E-state index contributed by atoms with van der Waals surface area (Å²) in [4.78, 5) is 18.7. The monoisotopic (exact) mass is 513 g/mol. The van der Waals surface area contributed by atoms with Crippen molar-refractivity contribution < 1.29 is 8.78 Å². The number of aromatic amines is 2. The first-order chi connectivity index (χ1) is 18.0. The number of alkyl halides is 2. The largest absolute Gasteiger partial charge is 0.338 e. The lowest BCUT2D eigenvalue weighted by Gasteiger charge is -2.15. The van der Waals surface area contributed by atoms with Crippen LogP contribution >= 0.6 is 11.3 Å². The molecule has 184 valence electrons. The third-order valence-corrected chi connectivity index (χ3v) is 7.50. The highest BCUT2D eigenvalue weighted by Gasteiger charge is 2.37. The van der Waals surface area contributed by atoms with E-state index in [1.165, 1.54) is 0 Å². The molecule has 2 N–H and O–H groups in total. The summed E-state index contributed by atoms with van der Waals surface area (Å²) in [7, 11) is 0. The van der Waals surface area contributed by atoms with E-state index in [2.05, 4.69) is 53.0 Å². The number of hydrogen-bond donors (Lipinski definition) is 2. The van der Waals surface area contributed by atoms with Gasteiger partial charge in [-0.2, -0.15) is 16.4 Å². The van der Waals surface area contributed by atoms with Crippen molar-refractivity contribution in [1.29, 1.82) is 0 Å². The fraction of sp³-hybridized carbons (Fsp3) is 0.185. The first-order valence-electron chi connectivity index (χ1n) is 11.9. The normalized spacial score (nSPS) is 15.7. The SMILES string of the molecule is FC1(F)CCN(Cc2cncc(-c3cnc4[nH]nc(-c5cc6c(-c7ccsc7)ccnc6[nH]5)c4c3)c2)C1. The number of thiophene rings is 1. The van der Waals surface area contributed by atoms with Gasteiger partial charge in [0.15, 0.2) is 5.65 Å². The van der Waals surface area contributed by atoms with Gasteiger partial charge in [0.25, 0.3) is 5.92 Å². The first kappa shape index (κ1) is 22.2. The van der Waals surface area contributed by atoms with Gasteiger partial charge in [-0.1, -0.05) is 0 Å². The van der Waals surface area contributed by atoms with Gasteiger partial charge in [-0.05, 0) is 57.8 Å².